The molecular weight excluding hydrogens is 457 g/mol. The van der Waals surface area contributed by atoms with Crippen LogP contribution in [0, 0.1) is 11.7 Å². The van der Waals surface area contributed by atoms with E-state index < -0.39 is 23.7 Å². The molecule has 3 aromatic rings. The highest BCUT2D eigenvalue weighted by Crippen LogP contribution is 2.18. The van der Waals surface area contributed by atoms with E-state index in [0.717, 1.165) is 11.1 Å². The second kappa shape index (κ2) is 12.0. The first-order valence-corrected chi connectivity index (χ1v) is 11.1. The molecule has 3 rings (SSSR count). The van der Waals surface area contributed by atoms with Crippen molar-refractivity contribution in [3.05, 3.63) is 100 Å². The number of benzene rings is 3. The van der Waals surface area contributed by atoms with Gasteiger partial charge in [-0.3, -0.25) is 9.59 Å². The molecule has 0 saturated heterocycles. The Labute approximate surface area is 202 Å². The van der Waals surface area contributed by atoms with Crippen molar-refractivity contribution >= 4 is 29.6 Å². The summed E-state index contributed by atoms with van der Waals surface area (Å²) in [6.07, 6.45) is 1.48. The number of carbonyl (C=O) groups excluding carboxylic acids is 2. The van der Waals surface area contributed by atoms with Crippen LogP contribution in [0.15, 0.2) is 77.9 Å². The van der Waals surface area contributed by atoms with Crippen LogP contribution in [0.25, 0.3) is 0 Å². The maximum absolute atomic E-state index is 13.9. The lowest BCUT2D eigenvalue weighted by Crippen LogP contribution is -2.48. The first-order chi connectivity index (χ1) is 16.3. The van der Waals surface area contributed by atoms with Crippen LogP contribution in [0.5, 0.6) is 5.75 Å². The number of hydrazone groups is 1. The lowest BCUT2D eigenvalue weighted by Gasteiger charge is -2.20. The molecule has 2 amide bonds. The summed E-state index contributed by atoms with van der Waals surface area (Å²) in [6.45, 7) is 3.90. The van der Waals surface area contributed by atoms with Crippen LogP contribution in [-0.4, -0.2) is 24.1 Å². The number of nitrogens with one attached hydrogen (secondary N) is 2. The highest BCUT2D eigenvalue weighted by Gasteiger charge is 2.25. The summed E-state index contributed by atoms with van der Waals surface area (Å²) in [4.78, 5) is 24.9. The van der Waals surface area contributed by atoms with Gasteiger partial charge in [0, 0.05) is 10.6 Å². The fourth-order valence-electron chi connectivity index (χ4n) is 3.07. The Hall–Kier alpha value is -3.71. The molecule has 3 aromatic carbocycles. The number of hydrogen-bond acceptors (Lipinski definition) is 4. The largest absolute Gasteiger partial charge is 0.489 e. The molecule has 0 aliphatic heterocycles. The number of rotatable bonds is 9. The minimum absolute atomic E-state index is 0.124. The molecule has 0 spiro atoms. The van der Waals surface area contributed by atoms with E-state index in [1.165, 1.54) is 24.4 Å². The van der Waals surface area contributed by atoms with E-state index in [1.54, 1.807) is 44.2 Å². The molecule has 0 aliphatic carbocycles. The molecule has 0 fully saturated rings. The van der Waals surface area contributed by atoms with Crippen LogP contribution in [-0.2, 0) is 11.4 Å². The molecule has 1 atom stereocenters. The van der Waals surface area contributed by atoms with Gasteiger partial charge in [-0.25, -0.2) is 9.82 Å². The van der Waals surface area contributed by atoms with Crippen LogP contribution < -0.4 is 15.5 Å². The highest BCUT2D eigenvalue weighted by molar-refractivity contribution is 6.31. The Morgan fingerprint density at radius 1 is 1.03 bits per heavy atom. The van der Waals surface area contributed by atoms with E-state index in [-0.39, 0.29) is 11.5 Å². The number of carbonyl (C=O) groups is 2. The smallest absolute Gasteiger partial charge is 0.262 e. The standard InChI is InChI=1S/C26H25ClFN3O3/c1-17(2)24(30-25(32)21-8-4-6-10-23(21)28)26(33)31-29-15-18-11-13-20(14-12-18)34-16-19-7-3-5-9-22(19)27/h3-15,17,24H,16H2,1-2H3,(H,30,32)(H,31,33). The lowest BCUT2D eigenvalue weighted by molar-refractivity contribution is -0.123. The fourth-order valence-corrected chi connectivity index (χ4v) is 3.26. The van der Waals surface area contributed by atoms with Crippen molar-refractivity contribution in [2.45, 2.75) is 26.5 Å². The molecule has 0 saturated carbocycles. The topological polar surface area (TPSA) is 79.8 Å². The van der Waals surface area contributed by atoms with Gasteiger partial charge in [0.2, 0.25) is 0 Å². The average Bonchev–Trinajstić information content (AvgIpc) is 2.82. The Morgan fingerprint density at radius 3 is 2.38 bits per heavy atom. The zero-order chi connectivity index (χ0) is 24.5. The zero-order valence-corrected chi connectivity index (χ0v) is 19.6. The number of ether oxygens (including phenoxy) is 1. The maximum Gasteiger partial charge on any atom is 0.262 e. The predicted octanol–water partition coefficient (Wildman–Crippen LogP) is 4.96. The highest BCUT2D eigenvalue weighted by atomic mass is 35.5. The Morgan fingerprint density at radius 2 is 1.71 bits per heavy atom. The van der Waals surface area contributed by atoms with Crippen LogP contribution in [0.1, 0.15) is 35.3 Å². The second-order valence-corrected chi connectivity index (χ2v) is 8.27. The van der Waals surface area contributed by atoms with Gasteiger partial charge in [-0.15, -0.1) is 0 Å². The summed E-state index contributed by atoms with van der Waals surface area (Å²) in [5, 5.41) is 7.18. The van der Waals surface area contributed by atoms with Gasteiger partial charge < -0.3 is 10.1 Å². The third-order valence-electron chi connectivity index (χ3n) is 4.97. The van der Waals surface area contributed by atoms with Gasteiger partial charge in [0.1, 0.15) is 24.2 Å². The summed E-state index contributed by atoms with van der Waals surface area (Å²) in [7, 11) is 0. The first-order valence-electron chi connectivity index (χ1n) is 10.7. The van der Waals surface area contributed by atoms with Crippen LogP contribution in [0.3, 0.4) is 0 Å². The molecule has 176 valence electrons. The minimum atomic E-state index is -0.884. The SMILES string of the molecule is CC(C)C(NC(=O)c1ccccc1F)C(=O)NN=Cc1ccc(OCc2ccccc2Cl)cc1. The van der Waals surface area contributed by atoms with E-state index in [1.807, 2.05) is 24.3 Å². The lowest BCUT2D eigenvalue weighted by atomic mass is 10.0. The molecule has 0 aromatic heterocycles. The molecule has 2 N–H and O–H groups in total. The van der Waals surface area contributed by atoms with Crippen molar-refractivity contribution in [2.75, 3.05) is 0 Å². The predicted molar refractivity (Wildman–Crippen MR) is 130 cm³/mol. The molecule has 1 unspecified atom stereocenters. The number of halogens is 2. The van der Waals surface area contributed by atoms with Gasteiger partial charge in [-0.1, -0.05) is 55.8 Å². The maximum atomic E-state index is 13.9. The van der Waals surface area contributed by atoms with Crippen LogP contribution in [0.4, 0.5) is 4.39 Å². The summed E-state index contributed by atoms with van der Waals surface area (Å²) in [6, 6.07) is 19.3. The summed E-state index contributed by atoms with van der Waals surface area (Å²) >= 11 is 6.13. The van der Waals surface area contributed by atoms with Gasteiger partial charge in [0.15, 0.2) is 0 Å². The molecule has 0 radical (unpaired) electrons. The minimum Gasteiger partial charge on any atom is -0.489 e. The zero-order valence-electron chi connectivity index (χ0n) is 18.8. The molecule has 8 heteroatoms. The van der Waals surface area contributed by atoms with E-state index in [4.69, 9.17) is 16.3 Å². The van der Waals surface area contributed by atoms with Gasteiger partial charge in [-0.05, 0) is 53.9 Å². The molecule has 0 bridgehead atoms. The number of hydrogen-bond donors (Lipinski definition) is 2. The number of amides is 2. The van der Waals surface area contributed by atoms with Gasteiger partial charge in [-0.2, -0.15) is 5.10 Å². The average molecular weight is 482 g/mol. The molecule has 0 aliphatic rings. The number of nitrogens with zero attached hydrogens (tertiary/aromatic N) is 1. The Bertz CT molecular complexity index is 1170. The van der Waals surface area contributed by atoms with Crippen molar-refractivity contribution in [2.24, 2.45) is 11.0 Å². The molecule has 34 heavy (non-hydrogen) atoms. The molecule has 0 heterocycles. The van der Waals surface area contributed by atoms with Gasteiger partial charge >= 0.3 is 0 Å². The second-order valence-electron chi connectivity index (χ2n) is 7.86. The summed E-state index contributed by atoms with van der Waals surface area (Å²) in [5.41, 5.74) is 3.93. The summed E-state index contributed by atoms with van der Waals surface area (Å²) < 4.78 is 19.6. The van der Waals surface area contributed by atoms with Gasteiger partial charge in [0.05, 0.1) is 11.8 Å². The van der Waals surface area contributed by atoms with Gasteiger partial charge in [0.25, 0.3) is 11.8 Å². The summed E-state index contributed by atoms with van der Waals surface area (Å²) in [5.74, 6) is -1.39. The van der Waals surface area contributed by atoms with Crippen molar-refractivity contribution < 1.29 is 18.7 Å². The first kappa shape index (κ1) is 24.9. The van der Waals surface area contributed by atoms with E-state index in [9.17, 15) is 14.0 Å². The van der Waals surface area contributed by atoms with Crippen molar-refractivity contribution in [1.29, 1.82) is 0 Å². The van der Waals surface area contributed by atoms with Crippen molar-refractivity contribution in [1.82, 2.24) is 10.7 Å². The Kier molecular flexibility index (Phi) is 8.76. The third kappa shape index (κ3) is 6.89. The van der Waals surface area contributed by atoms with E-state index in [2.05, 4.69) is 15.8 Å². The Balaban J connectivity index is 1.54. The monoisotopic (exact) mass is 481 g/mol. The fraction of sp³-hybridized carbons (Fsp3) is 0.192. The van der Waals surface area contributed by atoms with Crippen molar-refractivity contribution in [3.63, 3.8) is 0 Å². The molecular formula is C26H25ClFN3O3. The van der Waals surface area contributed by atoms with E-state index in [0.29, 0.717) is 17.4 Å². The third-order valence-corrected chi connectivity index (χ3v) is 5.34. The van der Waals surface area contributed by atoms with Crippen molar-refractivity contribution in [3.8, 4) is 5.75 Å². The quantitative estimate of drug-likeness (QED) is 0.335. The van der Waals surface area contributed by atoms with E-state index >= 15 is 0 Å². The molecule has 6 nitrogen and oxygen atoms in total. The van der Waals surface area contributed by atoms with Crippen LogP contribution in [0.2, 0.25) is 5.02 Å². The van der Waals surface area contributed by atoms with Crippen LogP contribution >= 0.6 is 11.6 Å². The normalized spacial score (nSPS) is 11.9.